The standard InChI is InChI=1S/C21H21N3O3S/c1-2-3-12-27-21(26)15-8-10-16(11-9-15)24-19(25)13-28-20-17-6-4-5-7-18(17)22-14-23-20/h4-11,14H,2-3,12-13H2,1H3,(H,24,25). The van der Waals surface area contributed by atoms with E-state index in [1.54, 1.807) is 24.3 Å². The minimum Gasteiger partial charge on any atom is -0.462 e. The molecule has 7 heteroatoms. The van der Waals surface area contributed by atoms with Gasteiger partial charge >= 0.3 is 5.97 Å². The number of carbonyl (C=O) groups excluding carboxylic acids is 2. The fourth-order valence-electron chi connectivity index (χ4n) is 2.51. The molecule has 0 unspecified atom stereocenters. The molecule has 0 aliphatic rings. The Kier molecular flexibility index (Phi) is 6.97. The third-order valence-electron chi connectivity index (χ3n) is 3.98. The van der Waals surface area contributed by atoms with Crippen molar-refractivity contribution in [1.29, 1.82) is 0 Å². The minimum absolute atomic E-state index is 0.147. The molecule has 144 valence electrons. The highest BCUT2D eigenvalue weighted by Crippen LogP contribution is 2.24. The molecule has 1 N–H and O–H groups in total. The van der Waals surface area contributed by atoms with E-state index in [4.69, 9.17) is 4.74 Å². The van der Waals surface area contributed by atoms with Gasteiger partial charge in [-0.05, 0) is 36.8 Å². The van der Waals surface area contributed by atoms with E-state index in [1.807, 2.05) is 31.2 Å². The van der Waals surface area contributed by atoms with Gasteiger partial charge in [-0.15, -0.1) is 0 Å². The van der Waals surface area contributed by atoms with Gasteiger partial charge in [-0.3, -0.25) is 4.79 Å². The second-order valence-electron chi connectivity index (χ2n) is 6.10. The quantitative estimate of drug-likeness (QED) is 0.265. The fraction of sp³-hybridized carbons (Fsp3) is 0.238. The van der Waals surface area contributed by atoms with Crippen LogP contribution in [0.4, 0.5) is 5.69 Å². The molecule has 3 rings (SSSR count). The first-order valence-corrected chi connectivity index (χ1v) is 10.1. The van der Waals surface area contributed by atoms with Crippen molar-refractivity contribution in [2.24, 2.45) is 0 Å². The largest absolute Gasteiger partial charge is 0.462 e. The van der Waals surface area contributed by atoms with E-state index in [2.05, 4.69) is 15.3 Å². The molecule has 0 saturated carbocycles. The molecule has 2 aromatic carbocycles. The van der Waals surface area contributed by atoms with Crippen molar-refractivity contribution >= 4 is 40.2 Å². The lowest BCUT2D eigenvalue weighted by atomic mass is 10.2. The normalized spacial score (nSPS) is 10.6. The number of para-hydroxylation sites is 1. The van der Waals surface area contributed by atoms with Gasteiger partial charge in [0.05, 0.1) is 23.4 Å². The molecule has 0 aliphatic carbocycles. The SMILES string of the molecule is CCCCOC(=O)c1ccc(NC(=O)CSc2ncnc3ccccc23)cc1. The summed E-state index contributed by atoms with van der Waals surface area (Å²) in [6.45, 7) is 2.46. The second-order valence-corrected chi connectivity index (χ2v) is 7.06. The van der Waals surface area contributed by atoms with E-state index in [0.717, 1.165) is 28.8 Å². The number of hydrogen-bond donors (Lipinski definition) is 1. The summed E-state index contributed by atoms with van der Waals surface area (Å²) in [6.07, 6.45) is 3.32. The Balaban J connectivity index is 1.54. The van der Waals surface area contributed by atoms with Gasteiger partial charge in [0.15, 0.2) is 0 Å². The van der Waals surface area contributed by atoms with Crippen molar-refractivity contribution in [3.8, 4) is 0 Å². The first-order valence-electron chi connectivity index (χ1n) is 9.07. The van der Waals surface area contributed by atoms with E-state index in [1.165, 1.54) is 18.1 Å². The van der Waals surface area contributed by atoms with Gasteiger partial charge in [0.1, 0.15) is 11.4 Å². The van der Waals surface area contributed by atoms with Gasteiger partial charge in [-0.25, -0.2) is 14.8 Å². The Bertz CT molecular complexity index is 955. The van der Waals surface area contributed by atoms with E-state index < -0.39 is 0 Å². The first-order chi connectivity index (χ1) is 13.7. The van der Waals surface area contributed by atoms with Gasteiger partial charge in [0.2, 0.25) is 5.91 Å². The lowest BCUT2D eigenvalue weighted by Gasteiger charge is -2.08. The Hall–Kier alpha value is -2.93. The van der Waals surface area contributed by atoms with Gasteiger partial charge in [0.25, 0.3) is 0 Å². The summed E-state index contributed by atoms with van der Waals surface area (Å²) in [6, 6.07) is 14.4. The zero-order chi connectivity index (χ0) is 19.8. The highest BCUT2D eigenvalue weighted by Gasteiger charge is 2.10. The monoisotopic (exact) mass is 395 g/mol. The van der Waals surface area contributed by atoms with Crippen LogP contribution in [0.1, 0.15) is 30.1 Å². The summed E-state index contributed by atoms with van der Waals surface area (Å²) in [5.74, 6) is -0.273. The predicted octanol–water partition coefficient (Wildman–Crippen LogP) is 4.32. The van der Waals surface area contributed by atoms with Crippen LogP contribution in [0.3, 0.4) is 0 Å². The molecule has 0 fully saturated rings. The second kappa shape index (κ2) is 9.85. The predicted molar refractivity (Wildman–Crippen MR) is 111 cm³/mol. The maximum Gasteiger partial charge on any atom is 0.338 e. The number of carbonyl (C=O) groups is 2. The van der Waals surface area contributed by atoms with Crippen LogP contribution in [0.25, 0.3) is 10.9 Å². The Morgan fingerprint density at radius 2 is 1.86 bits per heavy atom. The van der Waals surface area contributed by atoms with Crippen molar-refractivity contribution < 1.29 is 14.3 Å². The number of unbranched alkanes of at least 4 members (excludes halogenated alkanes) is 1. The molecule has 0 aliphatic heterocycles. The van der Waals surface area contributed by atoms with Gasteiger partial charge in [-0.1, -0.05) is 43.3 Å². The summed E-state index contributed by atoms with van der Waals surface area (Å²) in [7, 11) is 0. The number of benzene rings is 2. The number of aromatic nitrogens is 2. The summed E-state index contributed by atoms with van der Waals surface area (Å²) < 4.78 is 5.17. The lowest BCUT2D eigenvalue weighted by Crippen LogP contribution is -2.14. The van der Waals surface area contributed by atoms with Gasteiger partial charge < -0.3 is 10.1 Å². The molecular formula is C21H21N3O3S. The van der Waals surface area contributed by atoms with E-state index in [-0.39, 0.29) is 17.6 Å². The van der Waals surface area contributed by atoms with Crippen molar-refractivity contribution in [3.63, 3.8) is 0 Å². The van der Waals surface area contributed by atoms with E-state index in [0.29, 0.717) is 17.9 Å². The van der Waals surface area contributed by atoms with E-state index in [9.17, 15) is 9.59 Å². The molecule has 0 bridgehead atoms. The van der Waals surface area contributed by atoms with Crippen molar-refractivity contribution in [2.45, 2.75) is 24.8 Å². The summed E-state index contributed by atoms with van der Waals surface area (Å²) in [5, 5.41) is 4.52. The molecule has 1 amide bonds. The molecule has 3 aromatic rings. The van der Waals surface area contributed by atoms with E-state index >= 15 is 0 Å². The van der Waals surface area contributed by atoms with Crippen LogP contribution in [0.2, 0.25) is 0 Å². The number of esters is 1. The maximum absolute atomic E-state index is 12.2. The minimum atomic E-state index is -0.350. The Morgan fingerprint density at radius 1 is 1.07 bits per heavy atom. The highest BCUT2D eigenvalue weighted by molar-refractivity contribution is 8.00. The number of hydrogen-bond acceptors (Lipinski definition) is 6. The first kappa shape index (κ1) is 19.8. The average Bonchev–Trinajstić information content (AvgIpc) is 2.73. The number of amides is 1. The number of anilines is 1. The number of nitrogens with one attached hydrogen (secondary N) is 1. The summed E-state index contributed by atoms with van der Waals surface area (Å²) in [4.78, 5) is 32.6. The van der Waals surface area contributed by atoms with Crippen LogP contribution in [-0.2, 0) is 9.53 Å². The molecule has 0 saturated heterocycles. The molecule has 6 nitrogen and oxygen atoms in total. The third kappa shape index (κ3) is 5.29. The topological polar surface area (TPSA) is 81.2 Å². The number of rotatable bonds is 8. The number of fused-ring (bicyclic) bond motifs is 1. The average molecular weight is 395 g/mol. The summed E-state index contributed by atoms with van der Waals surface area (Å²) >= 11 is 1.36. The molecular weight excluding hydrogens is 374 g/mol. The van der Waals surface area contributed by atoms with Gasteiger partial charge in [0, 0.05) is 11.1 Å². The van der Waals surface area contributed by atoms with Crippen LogP contribution in [0.5, 0.6) is 0 Å². The molecule has 0 spiro atoms. The Labute approximate surface area is 167 Å². The number of nitrogens with zero attached hydrogens (tertiary/aromatic N) is 2. The number of thioether (sulfide) groups is 1. The van der Waals surface area contributed by atoms with Crippen LogP contribution in [-0.4, -0.2) is 34.2 Å². The maximum atomic E-state index is 12.2. The molecule has 0 atom stereocenters. The zero-order valence-electron chi connectivity index (χ0n) is 15.6. The van der Waals surface area contributed by atoms with Gasteiger partial charge in [-0.2, -0.15) is 0 Å². The van der Waals surface area contributed by atoms with Crippen LogP contribution in [0.15, 0.2) is 59.9 Å². The third-order valence-corrected chi connectivity index (χ3v) is 4.99. The van der Waals surface area contributed by atoms with Crippen LogP contribution < -0.4 is 5.32 Å². The van der Waals surface area contributed by atoms with Crippen molar-refractivity contribution in [2.75, 3.05) is 17.7 Å². The summed E-state index contributed by atoms with van der Waals surface area (Å²) in [5.41, 5.74) is 1.95. The smallest absolute Gasteiger partial charge is 0.338 e. The molecule has 28 heavy (non-hydrogen) atoms. The van der Waals surface area contributed by atoms with Crippen molar-refractivity contribution in [3.05, 3.63) is 60.4 Å². The van der Waals surface area contributed by atoms with Crippen LogP contribution >= 0.6 is 11.8 Å². The Morgan fingerprint density at radius 3 is 2.64 bits per heavy atom. The molecule has 1 aromatic heterocycles. The highest BCUT2D eigenvalue weighted by atomic mass is 32.2. The number of ether oxygens (including phenoxy) is 1. The van der Waals surface area contributed by atoms with Crippen molar-refractivity contribution in [1.82, 2.24) is 9.97 Å². The molecule has 1 heterocycles. The fourth-order valence-corrected chi connectivity index (χ4v) is 3.30. The lowest BCUT2D eigenvalue weighted by molar-refractivity contribution is -0.113. The zero-order valence-corrected chi connectivity index (χ0v) is 16.4. The van der Waals surface area contributed by atoms with Crippen LogP contribution in [0, 0.1) is 0 Å². The molecule has 0 radical (unpaired) electrons.